The van der Waals surface area contributed by atoms with E-state index in [-0.39, 0.29) is 11.4 Å². The van der Waals surface area contributed by atoms with Crippen LogP contribution in [0.15, 0.2) is 30.5 Å². The number of rotatable bonds is 3. The summed E-state index contributed by atoms with van der Waals surface area (Å²) in [5.41, 5.74) is 16.6. The lowest BCUT2D eigenvalue weighted by Crippen LogP contribution is -2.17. The fourth-order valence-electron chi connectivity index (χ4n) is 2.98. The summed E-state index contributed by atoms with van der Waals surface area (Å²) in [5, 5.41) is 0. The Morgan fingerprint density at radius 1 is 1.17 bits per heavy atom. The molecule has 3 rings (SSSR count). The smallest absolute Gasteiger partial charge is 0.269 e. The minimum Gasteiger partial charge on any atom is -0.496 e. The molecule has 4 N–H and O–H groups in total. The fraction of sp³-hybridized carbons (Fsp3) is 0.167. The van der Waals surface area contributed by atoms with Gasteiger partial charge in [-0.05, 0) is 48.7 Å². The van der Waals surface area contributed by atoms with Gasteiger partial charge in [-0.3, -0.25) is 9.78 Å². The maximum Gasteiger partial charge on any atom is 0.269 e. The molecule has 6 heteroatoms. The molecule has 0 aliphatic carbocycles. The Bertz CT molecular complexity index is 967. The van der Waals surface area contributed by atoms with Crippen molar-refractivity contribution in [3.05, 3.63) is 47.3 Å². The van der Waals surface area contributed by atoms with Crippen molar-refractivity contribution in [2.75, 3.05) is 12.8 Å². The monoisotopic (exact) mass is 322 g/mol. The van der Waals surface area contributed by atoms with E-state index in [1.807, 2.05) is 26.0 Å². The number of amides is 1. The number of carbonyl (C=O) groups is 1. The Labute approximate surface area is 139 Å². The number of hydrogen-bond acceptors (Lipinski definition) is 5. The van der Waals surface area contributed by atoms with Gasteiger partial charge in [0.2, 0.25) is 0 Å². The number of methoxy groups -OCH3 is 1. The Morgan fingerprint density at radius 3 is 2.58 bits per heavy atom. The highest BCUT2D eigenvalue weighted by molar-refractivity contribution is 6.08. The number of nitrogens with zero attached hydrogens (tertiary/aromatic N) is 2. The predicted molar refractivity (Wildman–Crippen MR) is 93.9 cm³/mol. The maximum atomic E-state index is 11.8. The van der Waals surface area contributed by atoms with Gasteiger partial charge >= 0.3 is 0 Å². The van der Waals surface area contributed by atoms with Crippen LogP contribution in [0.4, 0.5) is 5.69 Å². The molecular weight excluding hydrogens is 304 g/mol. The Balaban J connectivity index is 2.51. The van der Waals surface area contributed by atoms with Crippen LogP contribution in [0.3, 0.4) is 0 Å². The summed E-state index contributed by atoms with van der Waals surface area (Å²) in [4.78, 5) is 20.5. The summed E-state index contributed by atoms with van der Waals surface area (Å²) in [6.45, 7) is 3.92. The first-order valence-corrected chi connectivity index (χ1v) is 7.44. The van der Waals surface area contributed by atoms with Crippen molar-refractivity contribution < 1.29 is 9.53 Å². The molecule has 3 aromatic rings. The zero-order chi connectivity index (χ0) is 17.4. The normalized spacial score (nSPS) is 10.8. The summed E-state index contributed by atoms with van der Waals surface area (Å²) in [5.74, 6) is 0.0641. The molecular formula is C18H18N4O2. The molecule has 0 atom stereocenters. The molecule has 2 heterocycles. The highest BCUT2D eigenvalue weighted by atomic mass is 16.5. The van der Waals surface area contributed by atoms with E-state index >= 15 is 0 Å². The number of nitrogen functional groups attached to an aromatic ring is 1. The van der Waals surface area contributed by atoms with E-state index in [2.05, 4.69) is 9.97 Å². The van der Waals surface area contributed by atoms with Gasteiger partial charge in [0.15, 0.2) is 5.69 Å². The Hall–Kier alpha value is -3.15. The number of carbonyl (C=O) groups excluding carboxylic acids is 1. The molecule has 0 fully saturated rings. The molecule has 0 unspecified atom stereocenters. The van der Waals surface area contributed by atoms with E-state index in [1.54, 1.807) is 25.4 Å². The Kier molecular flexibility index (Phi) is 3.81. The van der Waals surface area contributed by atoms with E-state index < -0.39 is 5.91 Å². The molecule has 0 saturated carbocycles. The lowest BCUT2D eigenvalue weighted by atomic mass is 9.92. The minimum absolute atomic E-state index is 0.0483. The van der Waals surface area contributed by atoms with Crippen LogP contribution in [0.2, 0.25) is 0 Å². The maximum absolute atomic E-state index is 11.8. The first-order chi connectivity index (χ1) is 11.5. The summed E-state index contributed by atoms with van der Waals surface area (Å²) in [6.07, 6.45) is 1.67. The Morgan fingerprint density at radius 2 is 1.92 bits per heavy atom. The highest BCUT2D eigenvalue weighted by Gasteiger charge is 2.22. The van der Waals surface area contributed by atoms with Gasteiger partial charge in [0.1, 0.15) is 5.75 Å². The van der Waals surface area contributed by atoms with Crippen LogP contribution >= 0.6 is 0 Å². The van der Waals surface area contributed by atoms with E-state index in [4.69, 9.17) is 16.2 Å². The van der Waals surface area contributed by atoms with Crippen LogP contribution in [0.5, 0.6) is 5.75 Å². The summed E-state index contributed by atoms with van der Waals surface area (Å²) in [7, 11) is 1.61. The summed E-state index contributed by atoms with van der Waals surface area (Å²) < 4.78 is 5.42. The molecule has 1 amide bonds. The average molecular weight is 322 g/mol. The van der Waals surface area contributed by atoms with Crippen molar-refractivity contribution in [3.63, 3.8) is 0 Å². The van der Waals surface area contributed by atoms with Gasteiger partial charge in [-0.1, -0.05) is 6.07 Å². The second kappa shape index (κ2) is 5.81. The van der Waals surface area contributed by atoms with Crippen LogP contribution in [0.1, 0.15) is 21.6 Å². The molecule has 122 valence electrons. The number of fused-ring (bicyclic) bond motifs is 1. The second-order valence-electron chi connectivity index (χ2n) is 5.57. The SMILES string of the molecule is COc1ccc(C)c(-c2c(N)c(C(N)=O)nc3cccnc23)c1C. The van der Waals surface area contributed by atoms with Gasteiger partial charge < -0.3 is 16.2 Å². The standard InChI is InChI=1S/C18H18N4O2/c1-9-6-7-12(24-3)10(2)13(9)14-15(19)17(18(20)23)22-11-5-4-8-21-16(11)14/h4-8H,19H2,1-3H3,(H2,20,23). The van der Waals surface area contributed by atoms with Crippen molar-refractivity contribution in [2.24, 2.45) is 5.73 Å². The molecule has 0 bridgehead atoms. The van der Waals surface area contributed by atoms with Crippen LogP contribution in [0.25, 0.3) is 22.2 Å². The molecule has 1 aromatic carbocycles. The van der Waals surface area contributed by atoms with Gasteiger partial charge in [0.25, 0.3) is 5.91 Å². The van der Waals surface area contributed by atoms with Crippen molar-refractivity contribution in [1.29, 1.82) is 0 Å². The van der Waals surface area contributed by atoms with E-state index in [9.17, 15) is 4.79 Å². The van der Waals surface area contributed by atoms with E-state index in [1.165, 1.54) is 0 Å². The third-order valence-corrected chi connectivity index (χ3v) is 4.11. The van der Waals surface area contributed by atoms with Crippen LogP contribution in [-0.4, -0.2) is 23.0 Å². The van der Waals surface area contributed by atoms with Gasteiger partial charge in [-0.15, -0.1) is 0 Å². The minimum atomic E-state index is -0.669. The molecule has 6 nitrogen and oxygen atoms in total. The number of aryl methyl sites for hydroxylation is 1. The first-order valence-electron chi connectivity index (χ1n) is 7.44. The number of benzene rings is 1. The lowest BCUT2D eigenvalue weighted by molar-refractivity contribution is 0.0997. The van der Waals surface area contributed by atoms with Crippen molar-refractivity contribution >= 4 is 22.6 Å². The number of ether oxygens (including phenoxy) is 1. The largest absolute Gasteiger partial charge is 0.496 e. The molecule has 0 aliphatic heterocycles. The van der Waals surface area contributed by atoms with Gasteiger partial charge in [-0.25, -0.2) is 4.98 Å². The van der Waals surface area contributed by atoms with Crippen molar-refractivity contribution in [3.8, 4) is 16.9 Å². The van der Waals surface area contributed by atoms with Crippen molar-refractivity contribution in [2.45, 2.75) is 13.8 Å². The number of aromatic nitrogens is 2. The predicted octanol–water partition coefficient (Wildman–Crippen LogP) is 2.60. The summed E-state index contributed by atoms with van der Waals surface area (Å²) in [6, 6.07) is 7.38. The van der Waals surface area contributed by atoms with Gasteiger partial charge in [-0.2, -0.15) is 0 Å². The van der Waals surface area contributed by atoms with Crippen LogP contribution in [0, 0.1) is 13.8 Å². The molecule has 0 aliphatic rings. The molecule has 2 aromatic heterocycles. The lowest BCUT2D eigenvalue weighted by Gasteiger charge is -2.18. The third kappa shape index (κ3) is 2.32. The van der Waals surface area contributed by atoms with Crippen molar-refractivity contribution in [1.82, 2.24) is 9.97 Å². The van der Waals surface area contributed by atoms with E-state index in [0.29, 0.717) is 16.6 Å². The van der Waals surface area contributed by atoms with E-state index in [0.717, 1.165) is 22.4 Å². The fourth-order valence-corrected chi connectivity index (χ4v) is 2.98. The molecule has 0 radical (unpaired) electrons. The molecule has 0 spiro atoms. The number of anilines is 1. The first kappa shape index (κ1) is 15.7. The number of hydrogen-bond donors (Lipinski definition) is 2. The van der Waals surface area contributed by atoms with Crippen LogP contribution in [-0.2, 0) is 0 Å². The number of nitrogens with two attached hydrogens (primary N) is 2. The zero-order valence-corrected chi connectivity index (χ0v) is 13.8. The average Bonchev–Trinajstić information content (AvgIpc) is 2.56. The number of primary amides is 1. The van der Waals surface area contributed by atoms with Crippen LogP contribution < -0.4 is 16.2 Å². The topological polar surface area (TPSA) is 104 Å². The van der Waals surface area contributed by atoms with Gasteiger partial charge in [0, 0.05) is 11.8 Å². The number of pyridine rings is 2. The second-order valence-corrected chi connectivity index (χ2v) is 5.57. The van der Waals surface area contributed by atoms with Gasteiger partial charge in [0.05, 0.1) is 23.8 Å². The quantitative estimate of drug-likeness (QED) is 0.771. The molecule has 0 saturated heterocycles. The highest BCUT2D eigenvalue weighted by Crippen LogP contribution is 2.40. The third-order valence-electron chi connectivity index (χ3n) is 4.11. The zero-order valence-electron chi connectivity index (χ0n) is 13.8. The molecule has 24 heavy (non-hydrogen) atoms. The summed E-state index contributed by atoms with van der Waals surface area (Å²) >= 11 is 0.